The highest BCUT2D eigenvalue weighted by Gasteiger charge is 2.31. The van der Waals surface area contributed by atoms with Crippen LogP contribution >= 0.6 is 0 Å². The van der Waals surface area contributed by atoms with E-state index in [2.05, 4.69) is 10.4 Å². The van der Waals surface area contributed by atoms with Crippen molar-refractivity contribution >= 4 is 23.5 Å². The molecule has 11 heteroatoms. The van der Waals surface area contributed by atoms with Gasteiger partial charge >= 0.3 is 0 Å². The number of morpholine rings is 1. The first kappa shape index (κ1) is 23.6. The number of hydrogen-bond donors (Lipinski definition) is 2. The Labute approximate surface area is 202 Å². The van der Waals surface area contributed by atoms with E-state index < -0.39 is 11.5 Å². The maximum atomic E-state index is 13.3. The summed E-state index contributed by atoms with van der Waals surface area (Å²) in [6.07, 6.45) is 6.42. The molecule has 2 saturated heterocycles. The molecule has 0 spiro atoms. The van der Waals surface area contributed by atoms with Gasteiger partial charge in [-0.1, -0.05) is 0 Å². The zero-order valence-electron chi connectivity index (χ0n) is 19.9. The zero-order chi connectivity index (χ0) is 24.5. The second kappa shape index (κ2) is 9.82. The smallest absolute Gasteiger partial charge is 0.291 e. The first-order valence-corrected chi connectivity index (χ1v) is 12.2. The largest absolute Gasteiger partial charge is 0.494 e. The summed E-state index contributed by atoms with van der Waals surface area (Å²) in [5.74, 6) is -0.927. The van der Waals surface area contributed by atoms with Crippen LogP contribution in [0.3, 0.4) is 0 Å². The van der Waals surface area contributed by atoms with Crippen molar-refractivity contribution in [2.75, 3.05) is 39.5 Å². The molecule has 188 valence electrons. The Bertz CT molecular complexity index is 1220. The average Bonchev–Trinajstić information content (AvgIpc) is 3.62. The Hall–Kier alpha value is -3.18. The highest BCUT2D eigenvalue weighted by atomic mass is 16.5. The SMILES string of the molecule is Cc1nn2c(=O)c(C(=O)NC3CC3)c(O)n(CC3CCOCC3)c2c1C=CC(=O)N1CCOCC1. The average molecular weight is 486 g/mol. The van der Waals surface area contributed by atoms with E-state index in [1.54, 1.807) is 22.5 Å². The number of ether oxygens (including phenoxy) is 2. The summed E-state index contributed by atoms with van der Waals surface area (Å²) in [5.41, 5.74) is 0.457. The molecule has 0 unspecified atom stereocenters. The van der Waals surface area contributed by atoms with Crippen molar-refractivity contribution in [1.82, 2.24) is 24.4 Å². The number of aryl methyl sites for hydroxylation is 1. The van der Waals surface area contributed by atoms with Gasteiger partial charge < -0.3 is 24.8 Å². The Morgan fingerprint density at radius 3 is 2.49 bits per heavy atom. The molecule has 0 radical (unpaired) electrons. The van der Waals surface area contributed by atoms with Gasteiger partial charge in [0.25, 0.3) is 11.5 Å². The molecule has 11 nitrogen and oxygen atoms in total. The van der Waals surface area contributed by atoms with Gasteiger partial charge in [0.05, 0.1) is 18.9 Å². The van der Waals surface area contributed by atoms with E-state index in [9.17, 15) is 19.5 Å². The van der Waals surface area contributed by atoms with E-state index in [1.165, 1.54) is 10.6 Å². The van der Waals surface area contributed by atoms with Gasteiger partial charge in [0, 0.05) is 50.5 Å². The fraction of sp³-hybridized carbons (Fsp3) is 0.583. The number of carbonyl (C=O) groups excluding carboxylic acids is 2. The summed E-state index contributed by atoms with van der Waals surface area (Å²) in [7, 11) is 0. The van der Waals surface area contributed by atoms with E-state index in [-0.39, 0.29) is 29.3 Å². The van der Waals surface area contributed by atoms with Gasteiger partial charge in [0.1, 0.15) is 5.65 Å². The van der Waals surface area contributed by atoms with Gasteiger partial charge in [-0.3, -0.25) is 19.0 Å². The minimum Gasteiger partial charge on any atom is -0.494 e. The number of aromatic hydroxyl groups is 1. The number of nitrogens with one attached hydrogen (secondary N) is 1. The van der Waals surface area contributed by atoms with E-state index >= 15 is 0 Å². The molecule has 0 atom stereocenters. The third-order valence-electron chi connectivity index (χ3n) is 6.86. The lowest BCUT2D eigenvalue weighted by molar-refractivity contribution is -0.129. The predicted molar refractivity (Wildman–Crippen MR) is 126 cm³/mol. The molecule has 5 rings (SSSR count). The van der Waals surface area contributed by atoms with E-state index in [0.717, 1.165) is 25.7 Å². The van der Waals surface area contributed by atoms with E-state index in [4.69, 9.17) is 9.47 Å². The first-order chi connectivity index (χ1) is 16.9. The number of aromatic nitrogens is 3. The van der Waals surface area contributed by atoms with Crippen LogP contribution in [-0.2, 0) is 20.8 Å². The van der Waals surface area contributed by atoms with Gasteiger partial charge in [-0.15, -0.1) is 0 Å². The monoisotopic (exact) mass is 485 g/mol. The number of hydrogen-bond acceptors (Lipinski definition) is 7. The minimum atomic E-state index is -0.680. The lowest BCUT2D eigenvalue weighted by Crippen LogP contribution is -2.39. The molecule has 4 heterocycles. The zero-order valence-corrected chi connectivity index (χ0v) is 19.9. The second-order valence-corrected chi connectivity index (χ2v) is 9.42. The molecular formula is C24H31N5O6. The van der Waals surface area contributed by atoms with Crippen LogP contribution in [0.5, 0.6) is 5.88 Å². The van der Waals surface area contributed by atoms with Crippen LogP contribution in [0.2, 0.25) is 0 Å². The van der Waals surface area contributed by atoms with Crippen molar-refractivity contribution in [1.29, 1.82) is 0 Å². The summed E-state index contributed by atoms with van der Waals surface area (Å²) >= 11 is 0. The maximum absolute atomic E-state index is 13.3. The molecule has 0 aromatic carbocycles. The van der Waals surface area contributed by atoms with Crippen LogP contribution in [0.4, 0.5) is 0 Å². The Balaban J connectivity index is 1.58. The normalized spacial score (nSPS) is 19.5. The highest BCUT2D eigenvalue weighted by Crippen LogP contribution is 2.28. The fourth-order valence-electron chi connectivity index (χ4n) is 4.65. The van der Waals surface area contributed by atoms with Gasteiger partial charge in [0.15, 0.2) is 5.56 Å². The lowest BCUT2D eigenvalue weighted by atomic mass is 10.00. The van der Waals surface area contributed by atoms with Crippen molar-refractivity contribution in [3.05, 3.63) is 33.3 Å². The van der Waals surface area contributed by atoms with Crippen molar-refractivity contribution < 1.29 is 24.2 Å². The fourth-order valence-corrected chi connectivity index (χ4v) is 4.65. The van der Waals surface area contributed by atoms with Gasteiger partial charge in [-0.25, -0.2) is 0 Å². The van der Waals surface area contributed by atoms with Crippen LogP contribution in [-0.4, -0.2) is 81.6 Å². The highest BCUT2D eigenvalue weighted by molar-refractivity contribution is 5.97. The lowest BCUT2D eigenvalue weighted by Gasteiger charge is -2.25. The summed E-state index contributed by atoms with van der Waals surface area (Å²) < 4.78 is 13.6. The summed E-state index contributed by atoms with van der Waals surface area (Å²) in [5, 5.41) is 18.4. The maximum Gasteiger partial charge on any atom is 0.291 e. The Kier molecular flexibility index (Phi) is 6.61. The molecule has 35 heavy (non-hydrogen) atoms. The van der Waals surface area contributed by atoms with Gasteiger partial charge in [-0.05, 0) is 44.6 Å². The predicted octanol–water partition coefficient (Wildman–Crippen LogP) is 0.701. The topological polar surface area (TPSA) is 127 Å². The standard InChI is InChI=1S/C24H31N5O6/c1-15-18(4-5-19(30)27-8-12-35-13-9-27)22-28(14-16-6-10-34-11-7-16)23(32)20(24(33)29(22)26-15)21(31)25-17-2-3-17/h4-5,16-17,32H,2-3,6-14H2,1H3,(H,25,31). The molecule has 2 aromatic rings. The molecule has 3 aliphatic rings. The second-order valence-electron chi connectivity index (χ2n) is 9.42. The number of fused-ring (bicyclic) bond motifs is 1. The van der Waals surface area contributed by atoms with Gasteiger partial charge in [-0.2, -0.15) is 9.61 Å². The van der Waals surface area contributed by atoms with Crippen molar-refractivity contribution in [2.24, 2.45) is 5.92 Å². The summed E-state index contributed by atoms with van der Waals surface area (Å²) in [4.78, 5) is 40.6. The minimum absolute atomic E-state index is 0.0324. The Morgan fingerprint density at radius 2 is 1.80 bits per heavy atom. The molecule has 2 amide bonds. The quantitative estimate of drug-likeness (QED) is 0.577. The Morgan fingerprint density at radius 1 is 1.11 bits per heavy atom. The van der Waals surface area contributed by atoms with Crippen molar-refractivity contribution in [3.63, 3.8) is 0 Å². The van der Waals surface area contributed by atoms with Crippen LogP contribution in [0, 0.1) is 12.8 Å². The summed E-state index contributed by atoms with van der Waals surface area (Å²) in [6.45, 7) is 5.42. The van der Waals surface area contributed by atoms with Crippen LogP contribution in [0.25, 0.3) is 11.7 Å². The molecule has 2 aliphatic heterocycles. The molecule has 1 saturated carbocycles. The van der Waals surface area contributed by atoms with E-state index in [0.29, 0.717) is 63.0 Å². The van der Waals surface area contributed by atoms with Crippen LogP contribution in [0.1, 0.15) is 47.3 Å². The molecule has 3 fully saturated rings. The third-order valence-corrected chi connectivity index (χ3v) is 6.86. The van der Waals surface area contributed by atoms with E-state index in [1.807, 2.05) is 0 Å². The summed E-state index contributed by atoms with van der Waals surface area (Å²) in [6, 6.07) is 0.0324. The molecule has 1 aliphatic carbocycles. The molecule has 2 N–H and O–H groups in total. The number of nitrogens with zero attached hydrogens (tertiary/aromatic N) is 4. The molecular weight excluding hydrogens is 454 g/mol. The van der Waals surface area contributed by atoms with Crippen molar-refractivity contribution in [3.8, 4) is 5.88 Å². The number of carbonyl (C=O) groups is 2. The van der Waals surface area contributed by atoms with Crippen molar-refractivity contribution in [2.45, 2.75) is 45.2 Å². The number of rotatable bonds is 6. The first-order valence-electron chi connectivity index (χ1n) is 12.2. The van der Waals surface area contributed by atoms with Crippen LogP contribution < -0.4 is 10.9 Å². The van der Waals surface area contributed by atoms with Gasteiger partial charge in [0.2, 0.25) is 11.8 Å². The third kappa shape index (κ3) is 4.83. The number of amides is 2. The molecule has 2 aromatic heterocycles. The van der Waals surface area contributed by atoms with Crippen LogP contribution in [0.15, 0.2) is 10.9 Å². The molecule has 0 bridgehead atoms.